The molecule has 2 rings (SSSR count). The highest BCUT2D eigenvalue weighted by Crippen LogP contribution is 2.10. The first-order valence-corrected chi connectivity index (χ1v) is 6.40. The van der Waals surface area contributed by atoms with E-state index < -0.39 is 0 Å². The van der Waals surface area contributed by atoms with Crippen molar-refractivity contribution < 1.29 is 4.74 Å². The molecule has 1 aromatic heterocycles. The van der Waals surface area contributed by atoms with Gasteiger partial charge in [-0.2, -0.15) is 0 Å². The molecule has 0 spiro atoms. The molecule has 1 fully saturated rings. The van der Waals surface area contributed by atoms with E-state index in [1.807, 2.05) is 18.3 Å². The predicted molar refractivity (Wildman–Crippen MR) is 72.2 cm³/mol. The molecule has 94 valence electrons. The maximum atomic E-state index is 5.77. The second kappa shape index (κ2) is 5.62. The normalized spacial score (nSPS) is 21.6. The number of morpholine rings is 1. The number of thiocarbonyl (C=S) groups is 1. The number of hydrogen-bond acceptors (Lipinski definition) is 3. The summed E-state index contributed by atoms with van der Waals surface area (Å²) < 4.78 is 7.85. The van der Waals surface area contributed by atoms with E-state index in [0.29, 0.717) is 4.99 Å². The quantitative estimate of drug-likeness (QED) is 0.808. The second-order valence-electron chi connectivity index (χ2n) is 4.30. The predicted octanol–water partition coefficient (Wildman–Crippen LogP) is 0.843. The molecule has 1 unspecified atom stereocenters. The van der Waals surface area contributed by atoms with Gasteiger partial charge in [-0.3, -0.25) is 4.90 Å². The maximum absolute atomic E-state index is 5.77. The van der Waals surface area contributed by atoms with Gasteiger partial charge in [0.05, 0.1) is 24.9 Å². The summed E-state index contributed by atoms with van der Waals surface area (Å²) in [6.07, 6.45) is 2.23. The number of hydrogen-bond donors (Lipinski definition) is 1. The molecule has 5 heteroatoms. The molecule has 1 aliphatic rings. The van der Waals surface area contributed by atoms with Gasteiger partial charge in [-0.15, -0.1) is 0 Å². The Kier molecular flexibility index (Phi) is 4.15. The van der Waals surface area contributed by atoms with Crippen molar-refractivity contribution in [3.8, 4) is 0 Å². The molecule has 0 saturated carbocycles. The molecule has 1 aromatic rings. The summed E-state index contributed by atoms with van der Waals surface area (Å²) in [4.78, 5) is 2.84. The molecule has 0 amide bonds. The molecule has 0 radical (unpaired) electrons. The van der Waals surface area contributed by atoms with E-state index in [1.165, 1.54) is 0 Å². The third-order valence-electron chi connectivity index (χ3n) is 3.15. The van der Waals surface area contributed by atoms with Crippen molar-refractivity contribution in [2.75, 3.05) is 26.2 Å². The first kappa shape index (κ1) is 12.5. The molecular formula is C12H19N3OS. The molecule has 1 atom stereocenters. The number of likely N-dealkylation sites (N-methyl/N-ethyl adjacent to an activating group) is 1. The maximum Gasteiger partial charge on any atom is 0.120 e. The SMILES string of the molecule is CCN1CCOC(Cn2cccc2C(N)=S)C1. The average Bonchev–Trinajstić information content (AvgIpc) is 2.77. The highest BCUT2D eigenvalue weighted by molar-refractivity contribution is 7.80. The van der Waals surface area contributed by atoms with Gasteiger partial charge in [-0.05, 0) is 18.7 Å². The van der Waals surface area contributed by atoms with Gasteiger partial charge in [0.25, 0.3) is 0 Å². The lowest BCUT2D eigenvalue weighted by Gasteiger charge is -2.32. The fourth-order valence-corrected chi connectivity index (χ4v) is 2.38. The van der Waals surface area contributed by atoms with E-state index in [9.17, 15) is 0 Å². The zero-order chi connectivity index (χ0) is 12.3. The first-order valence-electron chi connectivity index (χ1n) is 5.99. The van der Waals surface area contributed by atoms with Gasteiger partial charge in [0, 0.05) is 19.3 Å². The van der Waals surface area contributed by atoms with Gasteiger partial charge in [-0.25, -0.2) is 0 Å². The van der Waals surface area contributed by atoms with Crippen LogP contribution in [-0.2, 0) is 11.3 Å². The topological polar surface area (TPSA) is 43.4 Å². The lowest BCUT2D eigenvalue weighted by atomic mass is 10.2. The largest absolute Gasteiger partial charge is 0.388 e. The number of rotatable bonds is 4. The summed E-state index contributed by atoms with van der Waals surface area (Å²) in [7, 11) is 0. The molecule has 2 N–H and O–H groups in total. The molecule has 1 saturated heterocycles. The Morgan fingerprint density at radius 1 is 1.65 bits per heavy atom. The van der Waals surface area contributed by atoms with Crippen LogP contribution in [0, 0.1) is 0 Å². The molecule has 4 nitrogen and oxygen atoms in total. The van der Waals surface area contributed by atoms with Gasteiger partial charge in [0.15, 0.2) is 0 Å². The van der Waals surface area contributed by atoms with Gasteiger partial charge in [0.1, 0.15) is 4.99 Å². The van der Waals surface area contributed by atoms with Crippen LogP contribution in [0.25, 0.3) is 0 Å². The molecule has 0 aromatic carbocycles. The van der Waals surface area contributed by atoms with Crippen molar-refractivity contribution >= 4 is 17.2 Å². The minimum atomic E-state index is 0.226. The molecule has 0 bridgehead atoms. The van der Waals surface area contributed by atoms with Crippen LogP contribution in [0.1, 0.15) is 12.6 Å². The number of aromatic nitrogens is 1. The standard InChI is InChI=1S/C12H19N3OS/c1-2-14-6-7-16-10(8-14)9-15-5-3-4-11(15)12(13)17/h3-5,10H,2,6-9H2,1H3,(H2,13,17). The van der Waals surface area contributed by atoms with Crippen LogP contribution in [0.5, 0.6) is 0 Å². The Morgan fingerprint density at radius 2 is 2.47 bits per heavy atom. The average molecular weight is 253 g/mol. The van der Waals surface area contributed by atoms with Crippen LogP contribution >= 0.6 is 12.2 Å². The fraction of sp³-hybridized carbons (Fsp3) is 0.583. The highest BCUT2D eigenvalue weighted by Gasteiger charge is 2.20. The Hall–Kier alpha value is -0.910. The number of nitrogens with two attached hydrogens (primary N) is 1. The summed E-state index contributed by atoms with van der Waals surface area (Å²) in [6.45, 7) is 6.89. The molecule has 17 heavy (non-hydrogen) atoms. The Bertz CT molecular complexity index is 391. The first-order chi connectivity index (χ1) is 8.20. The van der Waals surface area contributed by atoms with Gasteiger partial charge in [0.2, 0.25) is 0 Å². The molecule has 2 heterocycles. The summed E-state index contributed by atoms with van der Waals surface area (Å²) >= 11 is 5.02. The third-order valence-corrected chi connectivity index (χ3v) is 3.36. The zero-order valence-electron chi connectivity index (χ0n) is 10.1. The highest BCUT2D eigenvalue weighted by atomic mass is 32.1. The lowest BCUT2D eigenvalue weighted by Crippen LogP contribution is -2.44. The van der Waals surface area contributed by atoms with E-state index in [-0.39, 0.29) is 6.10 Å². The monoisotopic (exact) mass is 253 g/mol. The summed E-state index contributed by atoms with van der Waals surface area (Å²) in [5, 5.41) is 0. The van der Waals surface area contributed by atoms with Gasteiger partial charge >= 0.3 is 0 Å². The smallest absolute Gasteiger partial charge is 0.120 e. The van der Waals surface area contributed by atoms with Crippen molar-refractivity contribution in [1.82, 2.24) is 9.47 Å². The van der Waals surface area contributed by atoms with Gasteiger partial charge < -0.3 is 15.0 Å². The van der Waals surface area contributed by atoms with E-state index in [2.05, 4.69) is 16.4 Å². The van der Waals surface area contributed by atoms with Crippen LogP contribution in [0.4, 0.5) is 0 Å². The van der Waals surface area contributed by atoms with E-state index in [4.69, 9.17) is 22.7 Å². The Morgan fingerprint density at radius 3 is 3.18 bits per heavy atom. The van der Waals surface area contributed by atoms with Crippen LogP contribution in [-0.4, -0.2) is 46.8 Å². The summed E-state index contributed by atoms with van der Waals surface area (Å²) in [6, 6.07) is 3.91. The van der Waals surface area contributed by atoms with Crippen LogP contribution in [0.2, 0.25) is 0 Å². The molecule has 1 aliphatic heterocycles. The number of nitrogens with zero attached hydrogens (tertiary/aromatic N) is 2. The Labute approximate surface area is 107 Å². The summed E-state index contributed by atoms with van der Waals surface area (Å²) in [5.74, 6) is 0. The fourth-order valence-electron chi connectivity index (χ4n) is 2.19. The van der Waals surface area contributed by atoms with Gasteiger partial charge in [-0.1, -0.05) is 19.1 Å². The van der Waals surface area contributed by atoms with Crippen molar-refractivity contribution in [3.05, 3.63) is 24.0 Å². The van der Waals surface area contributed by atoms with Crippen LogP contribution < -0.4 is 5.73 Å². The molecular weight excluding hydrogens is 234 g/mol. The second-order valence-corrected chi connectivity index (χ2v) is 4.74. The van der Waals surface area contributed by atoms with Crippen molar-refractivity contribution in [1.29, 1.82) is 0 Å². The number of ether oxygens (including phenoxy) is 1. The lowest BCUT2D eigenvalue weighted by molar-refractivity contribution is -0.0343. The summed E-state index contributed by atoms with van der Waals surface area (Å²) in [5.41, 5.74) is 6.59. The minimum Gasteiger partial charge on any atom is -0.388 e. The van der Waals surface area contributed by atoms with E-state index in [1.54, 1.807) is 0 Å². The third kappa shape index (κ3) is 3.06. The van der Waals surface area contributed by atoms with E-state index >= 15 is 0 Å². The molecule has 0 aliphatic carbocycles. The van der Waals surface area contributed by atoms with Crippen LogP contribution in [0.3, 0.4) is 0 Å². The van der Waals surface area contributed by atoms with E-state index in [0.717, 1.165) is 38.5 Å². The minimum absolute atomic E-state index is 0.226. The Balaban J connectivity index is 2.00. The van der Waals surface area contributed by atoms with Crippen molar-refractivity contribution in [2.45, 2.75) is 19.6 Å². The zero-order valence-corrected chi connectivity index (χ0v) is 10.9. The van der Waals surface area contributed by atoms with Crippen LogP contribution in [0.15, 0.2) is 18.3 Å². The van der Waals surface area contributed by atoms with Crippen molar-refractivity contribution in [2.24, 2.45) is 5.73 Å². The van der Waals surface area contributed by atoms with Crippen molar-refractivity contribution in [3.63, 3.8) is 0 Å².